The number of hydrogen-bond donors (Lipinski definition) is 1. The third kappa shape index (κ3) is 5.51. The maximum Gasteiger partial charge on any atom is 0.252 e. The summed E-state index contributed by atoms with van der Waals surface area (Å²) in [6.45, 7) is 4.54. The van der Waals surface area contributed by atoms with Gasteiger partial charge in [0.25, 0.3) is 5.91 Å². The SMILES string of the molecule is CC[C@H]1CN2CCC1C[C@H]2[C@@H](NC(=O)c1ccccc1P(c1ccccc1)c1ccccc1)c1ccnc2ccccc12. The molecule has 3 saturated heterocycles. The second-order valence-electron chi connectivity index (χ2n) is 11.9. The molecule has 3 fully saturated rings. The molecule has 4 heterocycles. The molecule has 5 atom stereocenters. The summed E-state index contributed by atoms with van der Waals surface area (Å²) < 4.78 is 0. The highest BCUT2D eigenvalue weighted by molar-refractivity contribution is 7.80. The van der Waals surface area contributed by atoms with E-state index in [1.807, 2.05) is 24.4 Å². The maximum atomic E-state index is 14.6. The Morgan fingerprint density at radius 1 is 0.884 bits per heavy atom. The van der Waals surface area contributed by atoms with Crippen LogP contribution in [0.15, 0.2) is 121 Å². The highest BCUT2D eigenvalue weighted by Crippen LogP contribution is 2.43. The molecule has 4 nitrogen and oxygen atoms in total. The molecule has 1 amide bonds. The summed E-state index contributed by atoms with van der Waals surface area (Å²) in [5.41, 5.74) is 2.89. The van der Waals surface area contributed by atoms with Crippen molar-refractivity contribution < 1.29 is 4.79 Å². The Hall–Kier alpha value is -3.85. The molecule has 4 aromatic carbocycles. The van der Waals surface area contributed by atoms with Crippen LogP contribution in [0.3, 0.4) is 0 Å². The van der Waals surface area contributed by atoms with Crippen molar-refractivity contribution in [2.24, 2.45) is 11.8 Å². The van der Waals surface area contributed by atoms with Crippen molar-refractivity contribution in [1.29, 1.82) is 0 Å². The molecule has 0 saturated carbocycles. The molecule has 0 aliphatic carbocycles. The largest absolute Gasteiger partial charge is 0.344 e. The Bertz CT molecular complexity index is 1660. The Balaban J connectivity index is 1.30. The maximum absolute atomic E-state index is 14.6. The number of nitrogens with one attached hydrogen (secondary N) is 1. The lowest BCUT2D eigenvalue weighted by Crippen LogP contribution is -2.57. The Morgan fingerprint density at radius 3 is 2.26 bits per heavy atom. The van der Waals surface area contributed by atoms with E-state index in [9.17, 15) is 4.79 Å². The lowest BCUT2D eigenvalue weighted by Gasteiger charge is -2.52. The van der Waals surface area contributed by atoms with Crippen LogP contribution >= 0.6 is 7.92 Å². The molecule has 216 valence electrons. The number of hydrogen-bond acceptors (Lipinski definition) is 3. The van der Waals surface area contributed by atoms with Gasteiger partial charge in [0.1, 0.15) is 0 Å². The number of rotatable bonds is 8. The first-order valence-electron chi connectivity index (χ1n) is 15.6. The fourth-order valence-corrected chi connectivity index (χ4v) is 9.87. The van der Waals surface area contributed by atoms with E-state index in [0.717, 1.165) is 52.8 Å². The summed E-state index contributed by atoms with van der Waals surface area (Å²) >= 11 is 0. The van der Waals surface area contributed by atoms with Crippen LogP contribution in [0, 0.1) is 11.8 Å². The number of piperidine rings is 3. The zero-order valence-electron chi connectivity index (χ0n) is 24.6. The quantitative estimate of drug-likeness (QED) is 0.210. The van der Waals surface area contributed by atoms with Crippen molar-refractivity contribution in [1.82, 2.24) is 15.2 Å². The van der Waals surface area contributed by atoms with Crippen molar-refractivity contribution in [2.75, 3.05) is 13.1 Å². The van der Waals surface area contributed by atoms with Gasteiger partial charge < -0.3 is 5.32 Å². The molecule has 3 aliphatic rings. The molecule has 43 heavy (non-hydrogen) atoms. The molecular formula is C38H38N3OP. The standard InChI is InChI=1S/C38H38N3OP/c1-2-27-26-41-24-22-28(27)25-35(41)37(32-21-23-39-34-19-11-9-17-31(32)34)40-38(42)33-18-10-12-20-36(33)43(29-13-5-3-6-14-29)30-15-7-4-8-16-30/h3-21,23,27-28,35,37H,2,22,24-26H2,1H3,(H,40,42)/t27-,28?,35-,37-/m0/s1. The highest BCUT2D eigenvalue weighted by atomic mass is 31.1. The molecule has 5 heteroatoms. The number of pyridine rings is 1. The van der Waals surface area contributed by atoms with Gasteiger partial charge in [-0.25, -0.2) is 0 Å². The fraction of sp³-hybridized carbons (Fsp3) is 0.263. The summed E-state index contributed by atoms with van der Waals surface area (Å²) in [6, 6.07) is 40.1. The molecule has 0 radical (unpaired) electrons. The van der Waals surface area contributed by atoms with E-state index in [2.05, 4.69) is 119 Å². The van der Waals surface area contributed by atoms with Crippen molar-refractivity contribution in [3.8, 4) is 0 Å². The van der Waals surface area contributed by atoms with Crippen LogP contribution in [0.5, 0.6) is 0 Å². The summed E-state index contributed by atoms with van der Waals surface area (Å²) in [4.78, 5) is 21.9. The van der Waals surface area contributed by atoms with Crippen LogP contribution in [-0.4, -0.2) is 34.9 Å². The molecule has 0 spiro atoms. The van der Waals surface area contributed by atoms with E-state index in [1.54, 1.807) is 0 Å². The van der Waals surface area contributed by atoms with Gasteiger partial charge in [-0.05, 0) is 78.8 Å². The van der Waals surface area contributed by atoms with Gasteiger partial charge in [-0.3, -0.25) is 14.7 Å². The Morgan fingerprint density at radius 2 is 1.56 bits per heavy atom. The van der Waals surface area contributed by atoms with Crippen molar-refractivity contribution in [3.63, 3.8) is 0 Å². The number of carbonyl (C=O) groups is 1. The van der Waals surface area contributed by atoms with E-state index in [4.69, 9.17) is 0 Å². The summed E-state index contributed by atoms with van der Waals surface area (Å²) in [5, 5.41) is 8.31. The third-order valence-corrected chi connectivity index (χ3v) is 12.1. The highest BCUT2D eigenvalue weighted by Gasteiger charge is 2.43. The number of para-hydroxylation sites is 1. The minimum atomic E-state index is -0.916. The molecule has 1 N–H and O–H groups in total. The number of benzene rings is 4. The predicted octanol–water partition coefficient (Wildman–Crippen LogP) is 6.58. The lowest BCUT2D eigenvalue weighted by molar-refractivity contribution is -0.0152. The van der Waals surface area contributed by atoms with E-state index in [-0.39, 0.29) is 18.0 Å². The van der Waals surface area contributed by atoms with Gasteiger partial charge in [-0.1, -0.05) is 110 Å². The van der Waals surface area contributed by atoms with Gasteiger partial charge >= 0.3 is 0 Å². The zero-order chi connectivity index (χ0) is 29.2. The van der Waals surface area contributed by atoms with Crippen LogP contribution in [-0.2, 0) is 0 Å². The zero-order valence-corrected chi connectivity index (χ0v) is 25.5. The number of carbonyl (C=O) groups excluding carboxylic acids is 1. The van der Waals surface area contributed by atoms with Crippen molar-refractivity contribution in [2.45, 2.75) is 38.3 Å². The second-order valence-corrected chi connectivity index (χ2v) is 14.1. The first-order chi connectivity index (χ1) is 21.2. The molecular weight excluding hydrogens is 545 g/mol. The summed E-state index contributed by atoms with van der Waals surface area (Å²) in [7, 11) is -0.916. The van der Waals surface area contributed by atoms with Crippen LogP contribution in [0.2, 0.25) is 0 Å². The lowest BCUT2D eigenvalue weighted by atomic mass is 9.72. The number of nitrogens with zero attached hydrogens (tertiary/aromatic N) is 2. The van der Waals surface area contributed by atoms with Gasteiger partial charge in [0.05, 0.1) is 11.6 Å². The molecule has 3 aliphatic heterocycles. The first-order valence-corrected chi connectivity index (χ1v) is 16.9. The van der Waals surface area contributed by atoms with Gasteiger partial charge in [0, 0.05) is 29.7 Å². The molecule has 1 aromatic heterocycles. The minimum Gasteiger partial charge on any atom is -0.344 e. The average Bonchev–Trinajstić information content (AvgIpc) is 3.08. The van der Waals surface area contributed by atoms with E-state index >= 15 is 0 Å². The smallest absolute Gasteiger partial charge is 0.252 e. The van der Waals surface area contributed by atoms with Crippen molar-refractivity contribution >= 4 is 40.6 Å². The first kappa shape index (κ1) is 28.0. The molecule has 8 rings (SSSR count). The van der Waals surface area contributed by atoms with Gasteiger partial charge in [0.15, 0.2) is 0 Å². The van der Waals surface area contributed by atoms with Crippen LogP contribution in [0.1, 0.15) is 48.1 Å². The molecule has 2 bridgehead atoms. The normalized spacial score (nSPS) is 22.0. The third-order valence-electron chi connectivity index (χ3n) is 9.57. The predicted molar refractivity (Wildman–Crippen MR) is 179 cm³/mol. The van der Waals surface area contributed by atoms with Gasteiger partial charge in [-0.2, -0.15) is 0 Å². The van der Waals surface area contributed by atoms with E-state index in [1.165, 1.54) is 23.5 Å². The molecule has 2 unspecified atom stereocenters. The van der Waals surface area contributed by atoms with Crippen LogP contribution in [0.4, 0.5) is 0 Å². The van der Waals surface area contributed by atoms with Crippen LogP contribution < -0.4 is 21.2 Å². The number of amides is 1. The average molecular weight is 584 g/mol. The van der Waals surface area contributed by atoms with Gasteiger partial charge in [0.2, 0.25) is 0 Å². The molecule has 5 aromatic rings. The monoisotopic (exact) mass is 583 g/mol. The van der Waals surface area contributed by atoms with Crippen molar-refractivity contribution in [3.05, 3.63) is 133 Å². The number of fused-ring (bicyclic) bond motifs is 4. The minimum absolute atomic E-state index is 0.00413. The Kier molecular flexibility index (Phi) is 8.06. The number of aromatic nitrogens is 1. The van der Waals surface area contributed by atoms with Crippen LogP contribution in [0.25, 0.3) is 10.9 Å². The summed E-state index contributed by atoms with van der Waals surface area (Å²) in [5.74, 6) is 1.45. The van der Waals surface area contributed by atoms with E-state index < -0.39 is 7.92 Å². The summed E-state index contributed by atoms with van der Waals surface area (Å²) in [6.07, 6.45) is 5.50. The Labute approximate surface area is 255 Å². The topological polar surface area (TPSA) is 45.2 Å². The van der Waals surface area contributed by atoms with E-state index in [0.29, 0.717) is 5.92 Å². The fourth-order valence-electron chi connectivity index (χ4n) is 7.42. The van der Waals surface area contributed by atoms with Gasteiger partial charge in [-0.15, -0.1) is 0 Å². The second kappa shape index (κ2) is 12.4.